The van der Waals surface area contributed by atoms with Crippen LogP contribution in [0.4, 0.5) is 5.69 Å². The lowest BCUT2D eigenvalue weighted by atomic mass is 10.2. The molecule has 86 valence electrons. The van der Waals surface area contributed by atoms with Gasteiger partial charge in [0.1, 0.15) is 5.15 Å². The summed E-state index contributed by atoms with van der Waals surface area (Å²) in [5, 5.41) is 3.71. The number of aromatic nitrogens is 1. The zero-order chi connectivity index (χ0) is 11.4. The topological polar surface area (TPSA) is 51.2 Å². The summed E-state index contributed by atoms with van der Waals surface area (Å²) in [5.41, 5.74) is 0.735. The van der Waals surface area contributed by atoms with Gasteiger partial charge in [0.2, 0.25) is 0 Å². The standard InChI is InChI=1S/C11H13ClN2O2/c12-11-5-9(10(6-13-11)16-7-15)14-8-3-1-2-4-8/h5-8H,1-4H2,(H,13,14). The van der Waals surface area contributed by atoms with Crippen molar-refractivity contribution in [1.82, 2.24) is 4.98 Å². The van der Waals surface area contributed by atoms with Gasteiger partial charge in [-0.05, 0) is 12.8 Å². The smallest absolute Gasteiger partial charge is 0.298 e. The van der Waals surface area contributed by atoms with Crippen molar-refractivity contribution >= 4 is 23.8 Å². The first-order valence-electron chi connectivity index (χ1n) is 5.32. The first-order valence-corrected chi connectivity index (χ1v) is 5.70. The van der Waals surface area contributed by atoms with E-state index in [4.69, 9.17) is 16.3 Å². The molecule has 1 aromatic rings. The minimum absolute atomic E-state index is 0.388. The lowest BCUT2D eigenvalue weighted by Gasteiger charge is -2.15. The number of carbonyl (C=O) groups excluding carboxylic acids is 1. The molecule has 4 nitrogen and oxygen atoms in total. The summed E-state index contributed by atoms with van der Waals surface area (Å²) in [7, 11) is 0. The third kappa shape index (κ3) is 2.64. The van der Waals surface area contributed by atoms with Crippen LogP contribution >= 0.6 is 11.6 Å². The molecule has 1 fully saturated rings. The second-order valence-corrected chi connectivity index (χ2v) is 4.23. The van der Waals surface area contributed by atoms with E-state index in [0.29, 0.717) is 23.4 Å². The van der Waals surface area contributed by atoms with Crippen LogP contribution in [0.1, 0.15) is 25.7 Å². The summed E-state index contributed by atoms with van der Waals surface area (Å²) in [6, 6.07) is 2.12. The number of nitrogens with zero attached hydrogens (tertiary/aromatic N) is 1. The average Bonchev–Trinajstić information content (AvgIpc) is 2.75. The minimum Gasteiger partial charge on any atom is -0.425 e. The molecule has 0 aliphatic heterocycles. The maximum Gasteiger partial charge on any atom is 0.298 e. The van der Waals surface area contributed by atoms with E-state index in [1.165, 1.54) is 19.0 Å². The Morgan fingerprint density at radius 1 is 1.50 bits per heavy atom. The first kappa shape index (κ1) is 11.2. The van der Waals surface area contributed by atoms with Crippen molar-refractivity contribution in [3.8, 4) is 5.75 Å². The van der Waals surface area contributed by atoms with Crippen molar-refractivity contribution in [3.63, 3.8) is 0 Å². The molecule has 0 atom stereocenters. The van der Waals surface area contributed by atoms with E-state index in [2.05, 4.69) is 10.3 Å². The number of halogens is 1. The van der Waals surface area contributed by atoms with E-state index in [-0.39, 0.29) is 0 Å². The predicted octanol–water partition coefficient (Wildman–Crippen LogP) is 2.62. The number of anilines is 1. The summed E-state index contributed by atoms with van der Waals surface area (Å²) in [6.07, 6.45) is 6.20. The predicted molar refractivity (Wildman–Crippen MR) is 61.8 cm³/mol. The Kier molecular flexibility index (Phi) is 3.62. The molecule has 1 aliphatic carbocycles. The highest BCUT2D eigenvalue weighted by atomic mass is 35.5. The van der Waals surface area contributed by atoms with Gasteiger partial charge in [0.25, 0.3) is 6.47 Å². The van der Waals surface area contributed by atoms with Crippen molar-refractivity contribution in [2.45, 2.75) is 31.7 Å². The SMILES string of the molecule is O=COc1cnc(Cl)cc1NC1CCCC1. The van der Waals surface area contributed by atoms with Crippen molar-refractivity contribution in [2.24, 2.45) is 0 Å². The third-order valence-electron chi connectivity index (χ3n) is 2.72. The van der Waals surface area contributed by atoms with Gasteiger partial charge in [-0.25, -0.2) is 4.98 Å². The molecule has 1 saturated carbocycles. The lowest BCUT2D eigenvalue weighted by Crippen LogP contribution is -2.15. The molecule has 0 aromatic carbocycles. The van der Waals surface area contributed by atoms with Crippen molar-refractivity contribution in [1.29, 1.82) is 0 Å². The summed E-state index contributed by atoms with van der Waals surface area (Å²) in [6.45, 7) is 0.394. The summed E-state index contributed by atoms with van der Waals surface area (Å²) in [5.74, 6) is 0.422. The molecule has 1 heterocycles. The van der Waals surface area contributed by atoms with Gasteiger partial charge in [0.15, 0.2) is 5.75 Å². The quantitative estimate of drug-likeness (QED) is 0.649. The molecule has 0 unspecified atom stereocenters. The Bertz CT molecular complexity index is 378. The Morgan fingerprint density at radius 3 is 2.94 bits per heavy atom. The Hall–Kier alpha value is -1.29. The zero-order valence-corrected chi connectivity index (χ0v) is 9.54. The van der Waals surface area contributed by atoms with E-state index in [1.807, 2.05) is 0 Å². The van der Waals surface area contributed by atoms with Gasteiger partial charge in [-0.1, -0.05) is 24.4 Å². The largest absolute Gasteiger partial charge is 0.425 e. The Balaban J connectivity index is 2.15. The molecule has 0 radical (unpaired) electrons. The number of pyridine rings is 1. The second kappa shape index (κ2) is 5.16. The van der Waals surface area contributed by atoms with Gasteiger partial charge in [-0.2, -0.15) is 0 Å². The molecule has 1 aliphatic rings. The number of ether oxygens (including phenoxy) is 1. The fraction of sp³-hybridized carbons (Fsp3) is 0.455. The fourth-order valence-electron chi connectivity index (χ4n) is 1.97. The van der Waals surface area contributed by atoms with Crippen LogP contribution in [0.5, 0.6) is 5.75 Å². The van der Waals surface area contributed by atoms with Crippen molar-refractivity contribution in [2.75, 3.05) is 5.32 Å². The molecule has 2 rings (SSSR count). The van der Waals surface area contributed by atoms with Crippen LogP contribution in [0, 0.1) is 0 Å². The summed E-state index contributed by atoms with van der Waals surface area (Å²) in [4.78, 5) is 14.2. The van der Waals surface area contributed by atoms with E-state index in [0.717, 1.165) is 18.5 Å². The Morgan fingerprint density at radius 2 is 2.25 bits per heavy atom. The molecule has 16 heavy (non-hydrogen) atoms. The van der Waals surface area contributed by atoms with Gasteiger partial charge in [-0.3, -0.25) is 4.79 Å². The van der Waals surface area contributed by atoms with Crippen LogP contribution in [-0.2, 0) is 4.79 Å². The molecule has 0 spiro atoms. The monoisotopic (exact) mass is 240 g/mol. The number of hydrogen-bond acceptors (Lipinski definition) is 4. The van der Waals surface area contributed by atoms with E-state index >= 15 is 0 Å². The van der Waals surface area contributed by atoms with Crippen molar-refractivity contribution < 1.29 is 9.53 Å². The molecule has 1 N–H and O–H groups in total. The van der Waals surface area contributed by atoms with Gasteiger partial charge in [0, 0.05) is 12.1 Å². The fourth-order valence-corrected chi connectivity index (χ4v) is 2.12. The highest BCUT2D eigenvalue weighted by Crippen LogP contribution is 2.29. The van der Waals surface area contributed by atoms with Gasteiger partial charge >= 0.3 is 0 Å². The summed E-state index contributed by atoms with van der Waals surface area (Å²) >= 11 is 5.81. The van der Waals surface area contributed by atoms with Crippen LogP contribution in [0.25, 0.3) is 0 Å². The molecule has 1 aromatic heterocycles. The van der Waals surface area contributed by atoms with Crippen LogP contribution in [-0.4, -0.2) is 17.5 Å². The normalized spacial score (nSPS) is 16.1. The molecular weight excluding hydrogens is 228 g/mol. The van der Waals surface area contributed by atoms with Gasteiger partial charge in [-0.15, -0.1) is 0 Å². The van der Waals surface area contributed by atoms with E-state index in [1.54, 1.807) is 6.07 Å². The maximum atomic E-state index is 10.3. The molecule has 0 saturated heterocycles. The lowest BCUT2D eigenvalue weighted by molar-refractivity contribution is -0.120. The molecule has 0 bridgehead atoms. The maximum absolute atomic E-state index is 10.3. The second-order valence-electron chi connectivity index (χ2n) is 3.84. The molecule has 5 heteroatoms. The molecule has 0 amide bonds. The van der Waals surface area contributed by atoms with Gasteiger partial charge < -0.3 is 10.1 Å². The Labute approximate surface area is 99.0 Å². The van der Waals surface area contributed by atoms with Gasteiger partial charge in [0.05, 0.1) is 11.9 Å². The van der Waals surface area contributed by atoms with Crippen molar-refractivity contribution in [3.05, 3.63) is 17.4 Å². The molecular formula is C11H13ClN2O2. The number of nitrogens with one attached hydrogen (secondary N) is 1. The average molecular weight is 241 g/mol. The highest BCUT2D eigenvalue weighted by Gasteiger charge is 2.16. The van der Waals surface area contributed by atoms with Crippen LogP contribution in [0.3, 0.4) is 0 Å². The highest BCUT2D eigenvalue weighted by molar-refractivity contribution is 6.29. The van der Waals surface area contributed by atoms with Crippen LogP contribution in [0.15, 0.2) is 12.3 Å². The zero-order valence-electron chi connectivity index (χ0n) is 8.78. The first-order chi connectivity index (χ1) is 7.79. The summed E-state index contributed by atoms with van der Waals surface area (Å²) < 4.78 is 4.84. The minimum atomic E-state index is 0.388. The number of hydrogen-bond donors (Lipinski definition) is 1. The third-order valence-corrected chi connectivity index (χ3v) is 2.93. The van der Waals surface area contributed by atoms with Crippen LogP contribution in [0.2, 0.25) is 5.15 Å². The number of rotatable bonds is 4. The van der Waals surface area contributed by atoms with E-state index < -0.39 is 0 Å². The number of carbonyl (C=O) groups is 1. The van der Waals surface area contributed by atoms with Crippen LogP contribution < -0.4 is 10.1 Å². The van der Waals surface area contributed by atoms with E-state index in [9.17, 15) is 4.79 Å².